The van der Waals surface area contributed by atoms with Crippen LogP contribution < -0.4 is 11.2 Å². The Bertz CT molecular complexity index is 498. The molecule has 1 aromatic rings. The molecule has 94 valence electrons. The van der Waals surface area contributed by atoms with Crippen LogP contribution in [0.1, 0.15) is 5.37 Å². The van der Waals surface area contributed by atoms with Crippen molar-refractivity contribution in [2.75, 3.05) is 19.0 Å². The van der Waals surface area contributed by atoms with Gasteiger partial charge in [0.15, 0.2) is 0 Å². The van der Waals surface area contributed by atoms with E-state index in [-0.39, 0.29) is 30.4 Å². The quantitative estimate of drug-likeness (QED) is 0.646. The minimum Gasteiger partial charge on any atom is -0.396 e. The highest BCUT2D eigenvalue weighted by molar-refractivity contribution is 7.99. The summed E-state index contributed by atoms with van der Waals surface area (Å²) in [6.45, 7) is -0.0959. The zero-order valence-electron chi connectivity index (χ0n) is 9.07. The number of aliphatic hydroxyl groups is 2. The van der Waals surface area contributed by atoms with E-state index in [9.17, 15) is 19.8 Å². The van der Waals surface area contributed by atoms with E-state index in [2.05, 4.69) is 4.98 Å². The van der Waals surface area contributed by atoms with Gasteiger partial charge in [0, 0.05) is 37.1 Å². The van der Waals surface area contributed by atoms with E-state index in [4.69, 9.17) is 0 Å². The summed E-state index contributed by atoms with van der Waals surface area (Å²) >= 11 is 1.50. The molecule has 0 radical (unpaired) electrons. The van der Waals surface area contributed by atoms with E-state index >= 15 is 0 Å². The normalized spacial score (nSPS) is 28.5. The second-order valence-corrected chi connectivity index (χ2v) is 5.18. The molecular weight excluding hydrogens is 244 g/mol. The number of nitrogens with one attached hydrogen (secondary N) is 1. The van der Waals surface area contributed by atoms with Gasteiger partial charge in [-0.1, -0.05) is 0 Å². The highest BCUT2D eigenvalue weighted by Gasteiger charge is 2.37. The van der Waals surface area contributed by atoms with Crippen LogP contribution in [-0.2, 0) is 0 Å². The van der Waals surface area contributed by atoms with Gasteiger partial charge in [-0.25, -0.2) is 4.79 Å². The van der Waals surface area contributed by atoms with Gasteiger partial charge in [0.25, 0.3) is 5.56 Å². The van der Waals surface area contributed by atoms with E-state index in [1.165, 1.54) is 28.6 Å². The van der Waals surface area contributed by atoms with E-state index in [1.54, 1.807) is 0 Å². The average Bonchev–Trinajstić information content (AvgIpc) is 2.71. The molecular formula is C10H14N2O4S. The minimum atomic E-state index is -0.480. The summed E-state index contributed by atoms with van der Waals surface area (Å²) in [6.07, 6.45) is 1.43. The van der Waals surface area contributed by atoms with Gasteiger partial charge in [-0.05, 0) is 5.92 Å². The number of rotatable bonds is 3. The number of nitrogens with zero attached hydrogens (tertiary/aromatic N) is 1. The Balaban J connectivity index is 2.34. The monoisotopic (exact) mass is 258 g/mol. The van der Waals surface area contributed by atoms with Gasteiger partial charge in [0.1, 0.15) is 0 Å². The van der Waals surface area contributed by atoms with Crippen LogP contribution in [-0.4, -0.2) is 38.7 Å². The highest BCUT2D eigenvalue weighted by atomic mass is 32.2. The van der Waals surface area contributed by atoms with E-state index in [0.29, 0.717) is 5.75 Å². The van der Waals surface area contributed by atoms with E-state index in [0.717, 1.165) is 0 Å². The van der Waals surface area contributed by atoms with Crippen molar-refractivity contribution in [2.45, 2.75) is 5.37 Å². The molecule has 17 heavy (non-hydrogen) atoms. The Kier molecular flexibility index (Phi) is 3.70. The predicted molar refractivity (Wildman–Crippen MR) is 64.0 cm³/mol. The lowest BCUT2D eigenvalue weighted by molar-refractivity contribution is 0.126. The molecule has 1 fully saturated rings. The van der Waals surface area contributed by atoms with Gasteiger partial charge in [-0.15, -0.1) is 11.8 Å². The fraction of sp³-hybridized carbons (Fsp3) is 0.600. The van der Waals surface area contributed by atoms with Gasteiger partial charge >= 0.3 is 5.69 Å². The van der Waals surface area contributed by atoms with Crippen LogP contribution in [0.25, 0.3) is 0 Å². The van der Waals surface area contributed by atoms with Crippen LogP contribution in [0.5, 0.6) is 0 Å². The fourth-order valence-electron chi connectivity index (χ4n) is 2.04. The maximum Gasteiger partial charge on any atom is 0.329 e. The van der Waals surface area contributed by atoms with Crippen LogP contribution in [0, 0.1) is 11.8 Å². The predicted octanol–water partition coefficient (Wildman–Crippen LogP) is -1.00. The lowest BCUT2D eigenvalue weighted by Crippen LogP contribution is -2.34. The van der Waals surface area contributed by atoms with Gasteiger partial charge < -0.3 is 10.2 Å². The lowest BCUT2D eigenvalue weighted by atomic mass is 9.95. The molecule has 2 rings (SSSR count). The molecule has 1 aliphatic heterocycles. The third-order valence-electron chi connectivity index (χ3n) is 3.02. The van der Waals surface area contributed by atoms with Crippen molar-refractivity contribution in [3.05, 3.63) is 33.1 Å². The molecule has 0 aliphatic carbocycles. The molecule has 0 amide bonds. The molecule has 0 saturated carbocycles. The topological polar surface area (TPSA) is 95.3 Å². The molecule has 1 saturated heterocycles. The molecule has 1 aliphatic rings. The van der Waals surface area contributed by atoms with Gasteiger partial charge in [-0.2, -0.15) is 0 Å². The zero-order chi connectivity index (χ0) is 12.4. The Morgan fingerprint density at radius 3 is 2.76 bits per heavy atom. The van der Waals surface area contributed by atoms with Crippen LogP contribution in [0.3, 0.4) is 0 Å². The molecule has 0 unspecified atom stereocenters. The Morgan fingerprint density at radius 1 is 1.41 bits per heavy atom. The zero-order valence-corrected chi connectivity index (χ0v) is 9.89. The molecule has 1 aromatic heterocycles. The summed E-state index contributed by atoms with van der Waals surface area (Å²) in [7, 11) is 0. The van der Waals surface area contributed by atoms with Gasteiger partial charge in [0.05, 0.1) is 5.37 Å². The Labute approximate surface area is 101 Å². The molecule has 3 N–H and O–H groups in total. The van der Waals surface area contributed by atoms with E-state index < -0.39 is 11.2 Å². The first-order valence-electron chi connectivity index (χ1n) is 5.32. The molecule has 0 bridgehead atoms. The maximum absolute atomic E-state index is 11.6. The lowest BCUT2D eigenvalue weighted by Gasteiger charge is -2.21. The number of hydrogen-bond acceptors (Lipinski definition) is 5. The SMILES string of the molecule is O=c1ccn([C@@H]2SC[C@H](CO)[C@@H]2CO)c(=O)[nH]1. The van der Waals surface area contributed by atoms with Crippen LogP contribution in [0.4, 0.5) is 0 Å². The van der Waals surface area contributed by atoms with Crippen LogP contribution in [0.15, 0.2) is 21.9 Å². The third kappa shape index (κ3) is 2.31. The van der Waals surface area contributed by atoms with Crippen molar-refractivity contribution in [3.63, 3.8) is 0 Å². The molecule has 2 heterocycles. The summed E-state index contributed by atoms with van der Waals surface area (Å²) in [4.78, 5) is 24.8. The smallest absolute Gasteiger partial charge is 0.329 e. The van der Waals surface area contributed by atoms with Gasteiger partial charge in [-0.3, -0.25) is 14.3 Å². The van der Waals surface area contributed by atoms with Crippen molar-refractivity contribution < 1.29 is 10.2 Å². The molecule has 0 spiro atoms. The first kappa shape index (κ1) is 12.4. The van der Waals surface area contributed by atoms with Crippen LogP contribution in [0.2, 0.25) is 0 Å². The number of aromatic amines is 1. The summed E-state index contributed by atoms with van der Waals surface area (Å²) in [5.41, 5.74) is -0.916. The van der Waals surface area contributed by atoms with Crippen molar-refractivity contribution in [1.29, 1.82) is 0 Å². The fourth-order valence-corrected chi connectivity index (χ4v) is 3.72. The number of hydrogen-bond donors (Lipinski definition) is 3. The third-order valence-corrected chi connectivity index (χ3v) is 4.56. The Hall–Kier alpha value is -1.05. The maximum atomic E-state index is 11.6. The summed E-state index contributed by atoms with van der Waals surface area (Å²) in [6, 6.07) is 1.28. The molecule has 7 heteroatoms. The standard InChI is InChI=1S/C10H14N2O4S/c13-3-6-5-17-9(7(6)4-14)12-2-1-8(15)11-10(12)16/h1-2,6-7,9,13-14H,3-5H2,(H,11,15,16)/t6-,7-,9+/m0/s1. The number of aromatic nitrogens is 2. The molecule has 0 aromatic carbocycles. The second kappa shape index (κ2) is 5.07. The van der Waals surface area contributed by atoms with Crippen molar-refractivity contribution in [1.82, 2.24) is 9.55 Å². The van der Waals surface area contributed by atoms with Crippen molar-refractivity contribution in [3.8, 4) is 0 Å². The summed E-state index contributed by atoms with van der Waals surface area (Å²) in [5, 5.41) is 18.3. The first-order chi connectivity index (χ1) is 8.17. The highest BCUT2D eigenvalue weighted by Crippen LogP contribution is 2.43. The number of thioether (sulfide) groups is 1. The van der Waals surface area contributed by atoms with Gasteiger partial charge in [0.2, 0.25) is 0 Å². The largest absolute Gasteiger partial charge is 0.396 e. The first-order valence-corrected chi connectivity index (χ1v) is 6.37. The van der Waals surface area contributed by atoms with Crippen molar-refractivity contribution >= 4 is 11.8 Å². The molecule has 3 atom stereocenters. The minimum absolute atomic E-state index is 0.00711. The summed E-state index contributed by atoms with van der Waals surface area (Å²) in [5.74, 6) is 0.500. The Morgan fingerprint density at radius 2 is 2.18 bits per heavy atom. The second-order valence-electron chi connectivity index (χ2n) is 4.03. The van der Waals surface area contributed by atoms with Crippen LogP contribution >= 0.6 is 11.8 Å². The number of aliphatic hydroxyl groups excluding tert-OH is 2. The molecule has 6 nitrogen and oxygen atoms in total. The summed E-state index contributed by atoms with van der Waals surface area (Å²) < 4.78 is 1.41. The van der Waals surface area contributed by atoms with Crippen molar-refractivity contribution in [2.24, 2.45) is 11.8 Å². The number of H-pyrrole nitrogens is 1. The average molecular weight is 258 g/mol. The van der Waals surface area contributed by atoms with E-state index in [1.807, 2.05) is 0 Å².